The Bertz CT molecular complexity index is 1090. The zero-order chi connectivity index (χ0) is 20.2. The molecule has 0 spiro atoms. The predicted octanol–water partition coefficient (Wildman–Crippen LogP) is 4.07. The third-order valence-corrected chi connectivity index (χ3v) is 4.26. The lowest BCUT2D eigenvalue weighted by atomic mass is 10.1. The van der Waals surface area contributed by atoms with Crippen molar-refractivity contribution < 1.29 is 13.9 Å². The molecule has 4 rings (SSSR count). The number of nitrogens with zero attached hydrogens (tertiary/aromatic N) is 5. The van der Waals surface area contributed by atoms with Gasteiger partial charge in [0.05, 0.1) is 18.4 Å². The van der Waals surface area contributed by atoms with Gasteiger partial charge < -0.3 is 13.9 Å². The number of aromatic nitrogens is 5. The maximum absolute atomic E-state index is 5.90. The molecule has 0 aliphatic carbocycles. The summed E-state index contributed by atoms with van der Waals surface area (Å²) in [5.74, 6) is 2.27. The Morgan fingerprint density at radius 3 is 2.48 bits per heavy atom. The van der Waals surface area contributed by atoms with Crippen molar-refractivity contribution in [2.75, 3.05) is 6.61 Å². The normalized spacial score (nSPS) is 12.0. The molecule has 0 saturated heterocycles. The van der Waals surface area contributed by atoms with Crippen LogP contribution in [0.25, 0.3) is 22.6 Å². The van der Waals surface area contributed by atoms with Crippen molar-refractivity contribution in [1.29, 1.82) is 0 Å². The quantitative estimate of drug-likeness (QED) is 0.469. The summed E-state index contributed by atoms with van der Waals surface area (Å²) in [6, 6.07) is 9.36. The highest BCUT2D eigenvalue weighted by molar-refractivity contribution is 5.67. The highest BCUT2D eigenvalue weighted by Crippen LogP contribution is 2.27. The van der Waals surface area contributed by atoms with Crippen molar-refractivity contribution in [2.24, 2.45) is 7.05 Å². The van der Waals surface area contributed by atoms with E-state index in [1.54, 1.807) is 23.3 Å². The van der Waals surface area contributed by atoms with Crippen LogP contribution in [0.4, 0.5) is 0 Å². The van der Waals surface area contributed by atoms with Crippen LogP contribution in [0.2, 0.25) is 0 Å². The van der Waals surface area contributed by atoms with Crippen LogP contribution in [-0.2, 0) is 7.05 Å². The molecule has 0 aliphatic rings. The van der Waals surface area contributed by atoms with Crippen molar-refractivity contribution in [2.45, 2.75) is 20.0 Å². The number of pyridine rings is 1. The van der Waals surface area contributed by atoms with Crippen LogP contribution < -0.4 is 9.47 Å². The van der Waals surface area contributed by atoms with Gasteiger partial charge in [-0.2, -0.15) is 5.10 Å². The van der Waals surface area contributed by atoms with E-state index in [4.69, 9.17) is 13.9 Å². The molecule has 3 heterocycles. The van der Waals surface area contributed by atoms with E-state index in [1.165, 1.54) is 0 Å². The number of benzene rings is 1. The largest absolute Gasteiger partial charge is 0.494 e. The SMILES string of the molecule is CCOc1ccc(OC(C)c2nnc(-c3cncc(-c4cnn(C)c4)c3)o2)cc1. The van der Waals surface area contributed by atoms with Crippen LogP contribution in [0.5, 0.6) is 11.5 Å². The zero-order valence-electron chi connectivity index (χ0n) is 16.4. The van der Waals surface area contributed by atoms with Crippen molar-refractivity contribution in [3.8, 4) is 34.1 Å². The molecule has 1 atom stereocenters. The fraction of sp³-hybridized carbons (Fsp3) is 0.238. The minimum Gasteiger partial charge on any atom is -0.494 e. The van der Waals surface area contributed by atoms with Crippen LogP contribution in [0, 0.1) is 0 Å². The summed E-state index contributed by atoms with van der Waals surface area (Å²) in [6.07, 6.45) is 6.77. The summed E-state index contributed by atoms with van der Waals surface area (Å²) in [6.45, 7) is 4.43. The average molecular weight is 391 g/mol. The smallest absolute Gasteiger partial charge is 0.257 e. The van der Waals surface area contributed by atoms with Crippen molar-refractivity contribution >= 4 is 0 Å². The molecule has 148 valence electrons. The highest BCUT2D eigenvalue weighted by Gasteiger charge is 2.17. The van der Waals surface area contributed by atoms with Gasteiger partial charge in [-0.15, -0.1) is 10.2 Å². The molecule has 0 aliphatic heterocycles. The van der Waals surface area contributed by atoms with Gasteiger partial charge in [-0.05, 0) is 44.2 Å². The zero-order valence-corrected chi connectivity index (χ0v) is 16.4. The van der Waals surface area contributed by atoms with Crippen molar-refractivity contribution in [1.82, 2.24) is 25.0 Å². The average Bonchev–Trinajstić information content (AvgIpc) is 3.39. The molecule has 0 radical (unpaired) electrons. The second-order valence-corrected chi connectivity index (χ2v) is 6.47. The predicted molar refractivity (Wildman–Crippen MR) is 106 cm³/mol. The van der Waals surface area contributed by atoms with E-state index in [0.29, 0.717) is 24.1 Å². The van der Waals surface area contributed by atoms with E-state index < -0.39 is 6.10 Å². The number of rotatable bonds is 7. The Kier molecular flexibility index (Phi) is 5.24. The van der Waals surface area contributed by atoms with Gasteiger partial charge in [0.25, 0.3) is 5.89 Å². The molecule has 1 aromatic carbocycles. The van der Waals surface area contributed by atoms with Crippen LogP contribution in [0.1, 0.15) is 25.8 Å². The first-order valence-electron chi connectivity index (χ1n) is 9.29. The molecule has 4 aromatic rings. The Labute approximate surface area is 168 Å². The second kappa shape index (κ2) is 8.14. The molecule has 0 bridgehead atoms. The summed E-state index contributed by atoms with van der Waals surface area (Å²) < 4.78 is 18.9. The fourth-order valence-electron chi connectivity index (χ4n) is 2.84. The first kappa shape index (κ1) is 18.7. The molecule has 0 saturated carbocycles. The molecule has 0 amide bonds. The van der Waals surface area contributed by atoms with Crippen LogP contribution in [0.3, 0.4) is 0 Å². The number of hydrogen-bond donors (Lipinski definition) is 0. The van der Waals surface area contributed by atoms with Gasteiger partial charge in [0, 0.05) is 36.8 Å². The van der Waals surface area contributed by atoms with Crippen molar-refractivity contribution in [3.05, 3.63) is 61.0 Å². The molecule has 29 heavy (non-hydrogen) atoms. The summed E-state index contributed by atoms with van der Waals surface area (Å²) in [5.41, 5.74) is 2.63. The lowest BCUT2D eigenvalue weighted by molar-refractivity contribution is 0.189. The van der Waals surface area contributed by atoms with Gasteiger partial charge in [0.1, 0.15) is 11.5 Å². The molecule has 1 unspecified atom stereocenters. The minimum atomic E-state index is -0.399. The van der Waals surface area contributed by atoms with Crippen LogP contribution >= 0.6 is 0 Å². The number of aryl methyl sites for hydroxylation is 1. The van der Waals surface area contributed by atoms with E-state index >= 15 is 0 Å². The molecule has 0 fully saturated rings. The van der Waals surface area contributed by atoms with E-state index in [9.17, 15) is 0 Å². The van der Waals surface area contributed by atoms with E-state index in [0.717, 1.165) is 22.4 Å². The molecule has 8 heteroatoms. The van der Waals surface area contributed by atoms with Crippen molar-refractivity contribution in [3.63, 3.8) is 0 Å². The minimum absolute atomic E-state index is 0.389. The third kappa shape index (κ3) is 4.26. The molecular weight excluding hydrogens is 370 g/mol. The number of ether oxygens (including phenoxy) is 2. The lowest BCUT2D eigenvalue weighted by Gasteiger charge is -2.11. The first-order valence-corrected chi connectivity index (χ1v) is 9.29. The summed E-state index contributed by atoms with van der Waals surface area (Å²) in [4.78, 5) is 4.28. The summed E-state index contributed by atoms with van der Waals surface area (Å²) >= 11 is 0. The van der Waals surface area contributed by atoms with Gasteiger partial charge in [-0.1, -0.05) is 0 Å². The summed E-state index contributed by atoms with van der Waals surface area (Å²) in [7, 11) is 1.87. The Morgan fingerprint density at radius 2 is 1.76 bits per heavy atom. The second-order valence-electron chi connectivity index (χ2n) is 6.47. The monoisotopic (exact) mass is 391 g/mol. The van der Waals surface area contributed by atoms with E-state index in [1.807, 2.05) is 57.4 Å². The van der Waals surface area contributed by atoms with Gasteiger partial charge in [0.2, 0.25) is 5.89 Å². The lowest BCUT2D eigenvalue weighted by Crippen LogP contribution is -2.03. The van der Waals surface area contributed by atoms with Crippen LogP contribution in [-0.4, -0.2) is 31.6 Å². The molecule has 3 aromatic heterocycles. The maximum atomic E-state index is 5.90. The van der Waals surface area contributed by atoms with Gasteiger partial charge in [-0.3, -0.25) is 9.67 Å². The Balaban J connectivity index is 1.49. The van der Waals surface area contributed by atoms with E-state index in [2.05, 4.69) is 20.3 Å². The standard InChI is InChI=1S/C21H21N5O3/c1-4-27-18-5-7-19(8-6-18)28-14(2)20-24-25-21(29-20)16-9-15(10-22-11-16)17-12-23-26(3)13-17/h5-14H,4H2,1-3H3. The third-order valence-electron chi connectivity index (χ3n) is 4.26. The maximum Gasteiger partial charge on any atom is 0.257 e. The van der Waals surface area contributed by atoms with Gasteiger partial charge >= 0.3 is 0 Å². The van der Waals surface area contributed by atoms with Gasteiger partial charge in [-0.25, -0.2) is 0 Å². The topological polar surface area (TPSA) is 88.1 Å². The highest BCUT2D eigenvalue weighted by atomic mass is 16.5. The van der Waals surface area contributed by atoms with E-state index in [-0.39, 0.29) is 0 Å². The first-order chi connectivity index (χ1) is 14.1. The summed E-state index contributed by atoms with van der Waals surface area (Å²) in [5, 5.41) is 12.5. The number of hydrogen-bond acceptors (Lipinski definition) is 7. The molecule has 0 N–H and O–H groups in total. The Morgan fingerprint density at radius 1 is 1.00 bits per heavy atom. The fourth-order valence-corrected chi connectivity index (χ4v) is 2.84. The molecule has 8 nitrogen and oxygen atoms in total. The Hall–Kier alpha value is -3.68. The molecular formula is C21H21N5O3. The van der Waals surface area contributed by atoms with Gasteiger partial charge in [0.15, 0.2) is 6.10 Å². The van der Waals surface area contributed by atoms with Crippen LogP contribution in [0.15, 0.2) is 59.5 Å².